The molecular formula is C24H48O11. The van der Waals surface area contributed by atoms with Crippen LogP contribution < -0.4 is 0 Å². The molecule has 0 aromatic heterocycles. The smallest absolute Gasteiger partial charge is 0.305 e. The SMILES string of the molecule is CCCCCC(=O)OCCOCCOCCOCCOCCOCCOCCOCCOCCO. The van der Waals surface area contributed by atoms with E-state index in [1.54, 1.807) is 0 Å². The molecule has 0 saturated carbocycles. The summed E-state index contributed by atoms with van der Waals surface area (Å²) in [5.74, 6) is -0.159. The maximum Gasteiger partial charge on any atom is 0.305 e. The number of esters is 1. The minimum atomic E-state index is -0.159. The van der Waals surface area contributed by atoms with Crippen LogP contribution in [0.5, 0.6) is 0 Å². The Hall–Kier alpha value is -0.890. The van der Waals surface area contributed by atoms with Gasteiger partial charge in [-0.05, 0) is 6.42 Å². The van der Waals surface area contributed by atoms with Crippen molar-refractivity contribution in [1.29, 1.82) is 0 Å². The van der Waals surface area contributed by atoms with Crippen molar-refractivity contribution in [3.8, 4) is 0 Å². The molecule has 35 heavy (non-hydrogen) atoms. The summed E-state index contributed by atoms with van der Waals surface area (Å²) >= 11 is 0. The standard InChI is InChI=1S/C24H48O11/c1-2-3-4-5-24(26)35-23-22-34-21-20-33-19-18-32-17-16-31-15-14-30-13-12-29-11-10-28-9-8-27-7-6-25/h25H,2-23H2,1H3. The Morgan fingerprint density at radius 3 is 1.11 bits per heavy atom. The van der Waals surface area contributed by atoms with Gasteiger partial charge in [-0.15, -0.1) is 0 Å². The van der Waals surface area contributed by atoms with E-state index < -0.39 is 0 Å². The number of rotatable bonds is 30. The van der Waals surface area contributed by atoms with Gasteiger partial charge in [-0.3, -0.25) is 4.79 Å². The van der Waals surface area contributed by atoms with Gasteiger partial charge in [0.05, 0.1) is 112 Å². The van der Waals surface area contributed by atoms with Crippen LogP contribution in [0.15, 0.2) is 0 Å². The van der Waals surface area contributed by atoms with E-state index in [9.17, 15) is 4.79 Å². The summed E-state index contributed by atoms with van der Waals surface area (Å²) in [4.78, 5) is 11.4. The summed E-state index contributed by atoms with van der Waals surface area (Å²) < 4.78 is 47.9. The number of unbranched alkanes of at least 4 members (excludes halogenated alkanes) is 2. The van der Waals surface area contributed by atoms with Crippen LogP contribution in [-0.4, -0.2) is 130 Å². The minimum Gasteiger partial charge on any atom is -0.463 e. The lowest BCUT2D eigenvalue weighted by Gasteiger charge is -2.09. The van der Waals surface area contributed by atoms with Gasteiger partial charge in [-0.2, -0.15) is 0 Å². The van der Waals surface area contributed by atoms with Crippen LogP contribution in [0, 0.1) is 0 Å². The third kappa shape index (κ3) is 31.1. The van der Waals surface area contributed by atoms with Crippen molar-refractivity contribution in [1.82, 2.24) is 0 Å². The molecule has 1 N–H and O–H groups in total. The number of hydrogen-bond donors (Lipinski definition) is 1. The lowest BCUT2D eigenvalue weighted by molar-refractivity contribution is -0.145. The van der Waals surface area contributed by atoms with Crippen LogP contribution >= 0.6 is 0 Å². The van der Waals surface area contributed by atoms with Crippen molar-refractivity contribution in [3.05, 3.63) is 0 Å². The fourth-order valence-electron chi connectivity index (χ4n) is 2.51. The number of aliphatic hydroxyl groups excluding tert-OH is 1. The molecule has 11 heteroatoms. The number of carbonyl (C=O) groups excluding carboxylic acids is 1. The number of aliphatic hydroxyl groups is 1. The first-order valence-electron chi connectivity index (χ1n) is 12.7. The van der Waals surface area contributed by atoms with Gasteiger partial charge in [0.15, 0.2) is 0 Å². The topological polar surface area (TPSA) is 120 Å². The molecule has 0 aliphatic heterocycles. The average molecular weight is 513 g/mol. The first-order chi connectivity index (χ1) is 17.3. The highest BCUT2D eigenvalue weighted by molar-refractivity contribution is 5.69. The van der Waals surface area contributed by atoms with E-state index in [0.717, 1.165) is 19.3 Å². The first-order valence-corrected chi connectivity index (χ1v) is 12.7. The van der Waals surface area contributed by atoms with Gasteiger partial charge in [0, 0.05) is 6.42 Å². The second-order valence-electron chi connectivity index (χ2n) is 7.30. The van der Waals surface area contributed by atoms with E-state index >= 15 is 0 Å². The molecule has 0 aromatic carbocycles. The number of hydrogen-bond acceptors (Lipinski definition) is 11. The molecule has 0 aliphatic carbocycles. The molecule has 210 valence electrons. The van der Waals surface area contributed by atoms with Gasteiger partial charge in [0.2, 0.25) is 0 Å². The molecule has 0 aliphatic rings. The van der Waals surface area contributed by atoms with E-state index in [-0.39, 0.29) is 19.2 Å². The molecule has 0 amide bonds. The number of ether oxygens (including phenoxy) is 9. The van der Waals surface area contributed by atoms with Crippen LogP contribution in [0.3, 0.4) is 0 Å². The Morgan fingerprint density at radius 2 is 0.800 bits per heavy atom. The highest BCUT2D eigenvalue weighted by Gasteiger charge is 2.01. The summed E-state index contributed by atoms with van der Waals surface area (Å²) in [6.45, 7) is 10.0. The van der Waals surface area contributed by atoms with Crippen molar-refractivity contribution < 1.29 is 52.5 Å². The molecule has 0 heterocycles. The molecule has 0 radical (unpaired) electrons. The highest BCUT2D eigenvalue weighted by atomic mass is 16.6. The second kappa shape index (κ2) is 31.1. The zero-order chi connectivity index (χ0) is 25.5. The van der Waals surface area contributed by atoms with Crippen molar-refractivity contribution in [2.24, 2.45) is 0 Å². The summed E-state index contributed by atoms with van der Waals surface area (Å²) in [6, 6.07) is 0. The van der Waals surface area contributed by atoms with Crippen molar-refractivity contribution >= 4 is 5.97 Å². The van der Waals surface area contributed by atoms with Crippen LogP contribution in [0.1, 0.15) is 32.6 Å². The Labute approximate surface area is 210 Å². The average Bonchev–Trinajstić information content (AvgIpc) is 2.86. The Kier molecular flexibility index (Phi) is 30.3. The highest BCUT2D eigenvalue weighted by Crippen LogP contribution is 2.00. The first kappa shape index (κ1) is 34.1. The molecule has 0 fully saturated rings. The second-order valence-corrected chi connectivity index (χ2v) is 7.30. The van der Waals surface area contributed by atoms with E-state index in [1.165, 1.54) is 0 Å². The lowest BCUT2D eigenvalue weighted by atomic mass is 10.2. The van der Waals surface area contributed by atoms with Gasteiger partial charge in [-0.1, -0.05) is 19.8 Å². The molecule has 0 bridgehead atoms. The van der Waals surface area contributed by atoms with Crippen LogP contribution in [0.25, 0.3) is 0 Å². The fraction of sp³-hybridized carbons (Fsp3) is 0.958. The lowest BCUT2D eigenvalue weighted by Crippen LogP contribution is -2.15. The summed E-state index contributed by atoms with van der Waals surface area (Å²) in [7, 11) is 0. The normalized spacial score (nSPS) is 11.3. The monoisotopic (exact) mass is 512 g/mol. The molecule has 0 rings (SSSR count). The molecule has 0 saturated heterocycles. The predicted molar refractivity (Wildman–Crippen MR) is 129 cm³/mol. The van der Waals surface area contributed by atoms with Crippen molar-refractivity contribution in [2.75, 3.05) is 119 Å². The van der Waals surface area contributed by atoms with Crippen LogP contribution in [-0.2, 0) is 47.4 Å². The number of carbonyl (C=O) groups is 1. The Bertz CT molecular complexity index is 413. The Morgan fingerprint density at radius 1 is 0.486 bits per heavy atom. The van der Waals surface area contributed by atoms with Gasteiger partial charge in [0.1, 0.15) is 6.61 Å². The van der Waals surface area contributed by atoms with Gasteiger partial charge in [0.25, 0.3) is 0 Å². The zero-order valence-electron chi connectivity index (χ0n) is 21.6. The zero-order valence-corrected chi connectivity index (χ0v) is 21.6. The molecule has 11 nitrogen and oxygen atoms in total. The van der Waals surface area contributed by atoms with E-state index in [0.29, 0.717) is 112 Å². The van der Waals surface area contributed by atoms with Crippen LogP contribution in [0.4, 0.5) is 0 Å². The minimum absolute atomic E-state index is 0.0256. The van der Waals surface area contributed by atoms with E-state index in [2.05, 4.69) is 6.92 Å². The van der Waals surface area contributed by atoms with Gasteiger partial charge < -0.3 is 47.7 Å². The molecule has 0 spiro atoms. The molecule has 0 atom stereocenters. The quantitative estimate of drug-likeness (QED) is 0.111. The molecule has 0 aromatic rings. The van der Waals surface area contributed by atoms with Crippen molar-refractivity contribution in [3.63, 3.8) is 0 Å². The van der Waals surface area contributed by atoms with E-state index in [1.807, 2.05) is 0 Å². The third-order valence-corrected chi connectivity index (χ3v) is 4.31. The Balaban J connectivity index is 3.06. The summed E-state index contributed by atoms with van der Waals surface area (Å²) in [5, 5.41) is 8.55. The molecule has 0 unspecified atom stereocenters. The third-order valence-electron chi connectivity index (χ3n) is 4.31. The predicted octanol–water partition coefficient (Wildman–Crippen LogP) is 1.24. The summed E-state index contributed by atoms with van der Waals surface area (Å²) in [6.07, 6.45) is 3.50. The molecular weight excluding hydrogens is 464 g/mol. The fourth-order valence-corrected chi connectivity index (χ4v) is 2.51. The van der Waals surface area contributed by atoms with Gasteiger partial charge in [-0.25, -0.2) is 0 Å². The largest absolute Gasteiger partial charge is 0.463 e. The van der Waals surface area contributed by atoms with E-state index in [4.69, 9.17) is 47.7 Å². The van der Waals surface area contributed by atoms with Crippen molar-refractivity contribution in [2.45, 2.75) is 32.6 Å². The van der Waals surface area contributed by atoms with Crippen LogP contribution in [0.2, 0.25) is 0 Å². The maximum atomic E-state index is 11.4. The summed E-state index contributed by atoms with van der Waals surface area (Å²) in [5.41, 5.74) is 0. The maximum absolute atomic E-state index is 11.4. The van der Waals surface area contributed by atoms with Gasteiger partial charge >= 0.3 is 5.97 Å².